The molecule has 88 valence electrons. The molecule has 4 heteroatoms. The summed E-state index contributed by atoms with van der Waals surface area (Å²) in [6.07, 6.45) is 0. The summed E-state index contributed by atoms with van der Waals surface area (Å²) in [4.78, 5) is 25.4. The van der Waals surface area contributed by atoms with Crippen LogP contribution in [0.3, 0.4) is 0 Å². The highest BCUT2D eigenvalue weighted by Crippen LogP contribution is 2.24. The smallest absolute Gasteiger partial charge is 0.270 e. The van der Waals surface area contributed by atoms with E-state index in [4.69, 9.17) is 5.73 Å². The fourth-order valence-corrected chi connectivity index (χ4v) is 1.96. The van der Waals surface area contributed by atoms with E-state index in [9.17, 15) is 9.59 Å². The molecule has 0 radical (unpaired) electrons. The van der Waals surface area contributed by atoms with Crippen LogP contribution >= 0.6 is 0 Å². The van der Waals surface area contributed by atoms with Crippen molar-refractivity contribution in [2.75, 3.05) is 7.05 Å². The molecule has 17 heavy (non-hydrogen) atoms. The Morgan fingerprint density at radius 1 is 1.29 bits per heavy atom. The quantitative estimate of drug-likeness (QED) is 0.769. The summed E-state index contributed by atoms with van der Waals surface area (Å²) in [7, 11) is 1.64. The van der Waals surface area contributed by atoms with Crippen molar-refractivity contribution in [1.29, 1.82) is 0 Å². The van der Waals surface area contributed by atoms with Gasteiger partial charge in [0.2, 0.25) is 0 Å². The average Bonchev–Trinajstić information content (AvgIpc) is 2.54. The third-order valence-electron chi connectivity index (χ3n) is 3.12. The van der Waals surface area contributed by atoms with Crippen molar-refractivity contribution in [3.8, 4) is 0 Å². The Morgan fingerprint density at radius 2 is 1.88 bits per heavy atom. The van der Waals surface area contributed by atoms with Gasteiger partial charge in [-0.3, -0.25) is 9.59 Å². The number of Topliss-reactive ketones (excluding diaryl/α,β-unsaturated/α-hetero) is 1. The number of hydrogen-bond donors (Lipinski definition) is 1. The second kappa shape index (κ2) is 4.05. The van der Waals surface area contributed by atoms with Crippen molar-refractivity contribution in [3.63, 3.8) is 0 Å². The first-order chi connectivity index (χ1) is 8.04. The maximum Gasteiger partial charge on any atom is 0.270 e. The van der Waals surface area contributed by atoms with Gasteiger partial charge in [-0.15, -0.1) is 0 Å². The number of benzene rings is 1. The van der Waals surface area contributed by atoms with Crippen LogP contribution in [-0.2, 0) is 4.79 Å². The summed E-state index contributed by atoms with van der Waals surface area (Å²) in [5, 5.41) is 0. The molecule has 0 saturated carbocycles. The number of likely N-dealkylation sites (N-methyl/N-ethyl adjacent to an activating group) is 1. The van der Waals surface area contributed by atoms with E-state index in [0.717, 1.165) is 0 Å². The van der Waals surface area contributed by atoms with E-state index in [1.807, 2.05) is 6.07 Å². The second-order valence-electron chi connectivity index (χ2n) is 4.11. The predicted molar refractivity (Wildman–Crippen MR) is 64.2 cm³/mol. The lowest BCUT2D eigenvalue weighted by atomic mass is 9.98. The van der Waals surface area contributed by atoms with Crippen LogP contribution in [0.25, 0.3) is 0 Å². The summed E-state index contributed by atoms with van der Waals surface area (Å²) in [6, 6.07) is 8.58. The summed E-state index contributed by atoms with van der Waals surface area (Å²) in [5.41, 5.74) is 6.72. The molecule has 1 unspecified atom stereocenters. The molecule has 0 aliphatic carbocycles. The minimum atomic E-state index is -0.281. The number of rotatable bonds is 2. The predicted octanol–water partition coefficient (Wildman–Crippen LogP) is 0.943. The van der Waals surface area contributed by atoms with Crippen molar-refractivity contribution in [2.45, 2.75) is 13.0 Å². The van der Waals surface area contributed by atoms with Crippen molar-refractivity contribution < 1.29 is 9.59 Å². The Balaban J connectivity index is 2.42. The fraction of sp³-hybridized carbons (Fsp3) is 0.231. The minimum absolute atomic E-state index is 0.0638. The largest absolute Gasteiger partial charge is 0.394 e. The highest BCUT2D eigenvalue weighted by Gasteiger charge is 2.36. The molecule has 1 amide bonds. The molecule has 2 N–H and O–H groups in total. The Kier molecular flexibility index (Phi) is 2.71. The first-order valence-corrected chi connectivity index (χ1v) is 5.40. The van der Waals surface area contributed by atoms with Gasteiger partial charge >= 0.3 is 0 Å². The van der Waals surface area contributed by atoms with E-state index in [0.29, 0.717) is 11.1 Å². The van der Waals surface area contributed by atoms with Crippen molar-refractivity contribution in [1.82, 2.24) is 4.90 Å². The number of ketones is 1. The van der Waals surface area contributed by atoms with Crippen LogP contribution in [0.1, 0.15) is 17.3 Å². The van der Waals surface area contributed by atoms with Crippen LogP contribution in [0.15, 0.2) is 41.6 Å². The molecule has 4 nitrogen and oxygen atoms in total. The van der Waals surface area contributed by atoms with E-state index in [-0.39, 0.29) is 23.4 Å². The highest BCUT2D eigenvalue weighted by molar-refractivity contribution is 6.16. The van der Waals surface area contributed by atoms with Gasteiger partial charge in [-0.2, -0.15) is 0 Å². The number of hydrogen-bond acceptors (Lipinski definition) is 3. The molecule has 0 fully saturated rings. The standard InChI is InChI=1S/C13H14N2O2/c1-8-10(11(14)13(17)15(8)2)12(16)9-6-4-3-5-7-9/h3-8H,14H2,1-2H3. The van der Waals surface area contributed by atoms with E-state index in [1.165, 1.54) is 4.90 Å². The van der Waals surface area contributed by atoms with Gasteiger partial charge in [-0.1, -0.05) is 30.3 Å². The third kappa shape index (κ3) is 1.71. The maximum absolute atomic E-state index is 12.2. The van der Waals surface area contributed by atoms with Crippen LogP contribution in [-0.4, -0.2) is 29.7 Å². The van der Waals surface area contributed by atoms with Gasteiger partial charge in [0.1, 0.15) is 5.70 Å². The average molecular weight is 230 g/mol. The molecule has 1 heterocycles. The molecule has 1 aromatic rings. The highest BCUT2D eigenvalue weighted by atomic mass is 16.2. The molecule has 1 atom stereocenters. The van der Waals surface area contributed by atoms with Gasteiger partial charge in [0.25, 0.3) is 5.91 Å². The number of carbonyl (C=O) groups excluding carboxylic acids is 2. The molecule has 1 aromatic carbocycles. The van der Waals surface area contributed by atoms with Gasteiger partial charge in [-0.25, -0.2) is 0 Å². The number of carbonyl (C=O) groups is 2. The molecule has 1 aliphatic heterocycles. The molecular formula is C13H14N2O2. The first kappa shape index (κ1) is 11.4. The number of amides is 1. The van der Waals surface area contributed by atoms with Crippen LogP contribution in [0.4, 0.5) is 0 Å². The van der Waals surface area contributed by atoms with Gasteiger partial charge < -0.3 is 10.6 Å². The van der Waals surface area contributed by atoms with E-state index >= 15 is 0 Å². The van der Waals surface area contributed by atoms with Gasteiger partial charge in [0, 0.05) is 12.6 Å². The zero-order chi connectivity index (χ0) is 12.6. The molecule has 1 aliphatic rings. The summed E-state index contributed by atoms with van der Waals surface area (Å²) >= 11 is 0. The van der Waals surface area contributed by atoms with Crippen molar-refractivity contribution >= 4 is 11.7 Å². The lowest BCUT2D eigenvalue weighted by molar-refractivity contribution is -0.125. The van der Waals surface area contributed by atoms with Crippen molar-refractivity contribution in [2.24, 2.45) is 5.73 Å². The van der Waals surface area contributed by atoms with Crippen molar-refractivity contribution in [3.05, 3.63) is 47.2 Å². The van der Waals surface area contributed by atoms with Crippen LogP contribution in [0, 0.1) is 0 Å². The lowest BCUT2D eigenvalue weighted by Gasteiger charge is -2.17. The molecule has 0 spiro atoms. The molecule has 0 aromatic heterocycles. The van der Waals surface area contributed by atoms with Gasteiger partial charge in [0.05, 0.1) is 11.6 Å². The van der Waals surface area contributed by atoms with E-state index in [1.54, 1.807) is 38.2 Å². The van der Waals surface area contributed by atoms with Crippen LogP contribution in [0.2, 0.25) is 0 Å². The Morgan fingerprint density at radius 3 is 2.35 bits per heavy atom. The molecule has 2 rings (SSSR count). The molecule has 0 bridgehead atoms. The molecular weight excluding hydrogens is 216 g/mol. The SMILES string of the molecule is CC1C(C(=O)c2ccccc2)=C(N)C(=O)N1C. The van der Waals surface area contributed by atoms with Gasteiger partial charge in [0.15, 0.2) is 5.78 Å². The van der Waals surface area contributed by atoms with E-state index < -0.39 is 0 Å². The zero-order valence-electron chi connectivity index (χ0n) is 9.81. The Bertz CT molecular complexity index is 505. The topological polar surface area (TPSA) is 63.4 Å². The van der Waals surface area contributed by atoms with Crippen LogP contribution < -0.4 is 5.73 Å². The summed E-state index contributed by atoms with van der Waals surface area (Å²) < 4.78 is 0. The second-order valence-corrected chi connectivity index (χ2v) is 4.11. The minimum Gasteiger partial charge on any atom is -0.394 e. The maximum atomic E-state index is 12.2. The third-order valence-corrected chi connectivity index (χ3v) is 3.12. The van der Waals surface area contributed by atoms with Gasteiger partial charge in [-0.05, 0) is 6.92 Å². The normalized spacial score (nSPS) is 20.0. The van der Waals surface area contributed by atoms with E-state index in [2.05, 4.69) is 0 Å². The Hall–Kier alpha value is -2.10. The fourth-order valence-electron chi connectivity index (χ4n) is 1.96. The summed E-state index contributed by atoms with van der Waals surface area (Å²) in [6.45, 7) is 1.80. The Labute approximate surface area is 99.7 Å². The molecule has 0 saturated heterocycles. The first-order valence-electron chi connectivity index (χ1n) is 5.40. The number of nitrogens with zero attached hydrogens (tertiary/aromatic N) is 1. The number of nitrogens with two attached hydrogens (primary N) is 1. The monoisotopic (exact) mass is 230 g/mol. The zero-order valence-corrected chi connectivity index (χ0v) is 9.81. The van der Waals surface area contributed by atoms with Crippen LogP contribution in [0.5, 0.6) is 0 Å². The lowest BCUT2D eigenvalue weighted by Crippen LogP contribution is -2.31. The summed E-state index contributed by atoms with van der Waals surface area (Å²) in [5.74, 6) is -0.454.